The highest BCUT2D eigenvalue weighted by atomic mass is 32.2. The molecule has 0 saturated carbocycles. The second-order valence-corrected chi connectivity index (χ2v) is 10.7. The van der Waals surface area contributed by atoms with E-state index < -0.39 is 0 Å². The Balaban J connectivity index is 1.53. The molecule has 0 aliphatic carbocycles. The first-order valence-corrected chi connectivity index (χ1v) is 12.2. The summed E-state index contributed by atoms with van der Waals surface area (Å²) in [5.74, 6) is 0.828. The van der Waals surface area contributed by atoms with Crippen LogP contribution in [0.5, 0.6) is 0 Å². The minimum Gasteiger partial charge on any atom is -0.378 e. The molecule has 0 spiro atoms. The van der Waals surface area contributed by atoms with Crippen molar-refractivity contribution in [2.75, 3.05) is 26.3 Å². The number of H-pyrrole nitrogens is 1. The van der Waals surface area contributed by atoms with Crippen molar-refractivity contribution in [2.45, 2.75) is 50.3 Å². The molecule has 0 aromatic carbocycles. The summed E-state index contributed by atoms with van der Waals surface area (Å²) in [7, 11) is 0. The lowest BCUT2D eigenvalue weighted by molar-refractivity contribution is -0.134. The molecule has 166 valence electrons. The van der Waals surface area contributed by atoms with E-state index in [1.807, 2.05) is 16.2 Å². The Kier molecular flexibility index (Phi) is 5.53. The van der Waals surface area contributed by atoms with E-state index in [9.17, 15) is 9.59 Å². The maximum atomic E-state index is 12.9. The molecule has 9 nitrogen and oxygen atoms in total. The first kappa shape index (κ1) is 20.9. The second kappa shape index (κ2) is 8.19. The molecule has 11 heteroatoms. The molecule has 2 unspecified atom stereocenters. The third-order valence-electron chi connectivity index (χ3n) is 5.89. The molecule has 3 aromatic rings. The number of aromatic nitrogens is 4. The third-order valence-corrected chi connectivity index (χ3v) is 8.11. The molecule has 2 aliphatic rings. The SMILES string of the molecule is CC(Sc1nnc2[nH]c(=O)c3c4c(sc3n12)COC(C(C)C)C4)C(=O)N1CCOCC1. The van der Waals surface area contributed by atoms with Gasteiger partial charge in [0, 0.05) is 24.4 Å². The largest absolute Gasteiger partial charge is 0.378 e. The van der Waals surface area contributed by atoms with Gasteiger partial charge < -0.3 is 14.4 Å². The van der Waals surface area contributed by atoms with E-state index in [0.717, 1.165) is 21.7 Å². The smallest absolute Gasteiger partial charge is 0.261 e. The summed E-state index contributed by atoms with van der Waals surface area (Å²) < 4.78 is 13.2. The average Bonchev–Trinajstić information content (AvgIpc) is 3.34. The quantitative estimate of drug-likeness (QED) is 0.591. The topological polar surface area (TPSA) is 102 Å². The highest BCUT2D eigenvalue weighted by Crippen LogP contribution is 2.37. The number of ether oxygens (including phenoxy) is 2. The van der Waals surface area contributed by atoms with Crippen LogP contribution in [0.15, 0.2) is 9.95 Å². The van der Waals surface area contributed by atoms with Crippen molar-refractivity contribution in [1.82, 2.24) is 24.5 Å². The predicted octanol–water partition coefficient (Wildman–Crippen LogP) is 2.07. The first-order chi connectivity index (χ1) is 14.9. The first-order valence-electron chi connectivity index (χ1n) is 10.5. The van der Waals surface area contributed by atoms with Crippen molar-refractivity contribution in [3.8, 4) is 0 Å². The van der Waals surface area contributed by atoms with Crippen LogP contribution in [-0.4, -0.2) is 68.0 Å². The van der Waals surface area contributed by atoms with Crippen LogP contribution in [0.1, 0.15) is 31.2 Å². The van der Waals surface area contributed by atoms with E-state index in [-0.39, 0.29) is 22.8 Å². The minimum absolute atomic E-state index is 0.0596. The molecule has 2 aliphatic heterocycles. The van der Waals surface area contributed by atoms with Crippen molar-refractivity contribution in [3.63, 3.8) is 0 Å². The van der Waals surface area contributed by atoms with Gasteiger partial charge in [-0.15, -0.1) is 21.5 Å². The summed E-state index contributed by atoms with van der Waals surface area (Å²) in [6.45, 7) is 9.01. The van der Waals surface area contributed by atoms with Crippen molar-refractivity contribution < 1.29 is 14.3 Å². The number of rotatable bonds is 4. The van der Waals surface area contributed by atoms with Gasteiger partial charge in [-0.05, 0) is 18.4 Å². The van der Waals surface area contributed by atoms with E-state index in [2.05, 4.69) is 29.0 Å². The van der Waals surface area contributed by atoms with Gasteiger partial charge in [0.1, 0.15) is 4.83 Å². The zero-order valence-electron chi connectivity index (χ0n) is 17.7. The molecule has 5 heterocycles. The summed E-state index contributed by atoms with van der Waals surface area (Å²) in [5, 5.41) is 9.43. The van der Waals surface area contributed by atoms with E-state index >= 15 is 0 Å². The number of carbonyl (C=O) groups is 1. The summed E-state index contributed by atoms with van der Waals surface area (Å²) >= 11 is 2.92. The molecular weight excluding hydrogens is 438 g/mol. The van der Waals surface area contributed by atoms with Gasteiger partial charge in [-0.3, -0.25) is 14.6 Å². The zero-order valence-corrected chi connectivity index (χ0v) is 19.3. The third kappa shape index (κ3) is 3.67. The van der Waals surface area contributed by atoms with E-state index in [1.54, 1.807) is 11.3 Å². The Labute approximate surface area is 187 Å². The molecular formula is C20H25N5O4S2. The lowest BCUT2D eigenvalue weighted by atomic mass is 9.96. The van der Waals surface area contributed by atoms with Gasteiger partial charge in [0.2, 0.25) is 11.7 Å². The number of amides is 1. The Hall–Kier alpha value is -1.95. The Morgan fingerprint density at radius 3 is 2.77 bits per heavy atom. The van der Waals surface area contributed by atoms with Crippen LogP contribution >= 0.6 is 23.1 Å². The van der Waals surface area contributed by atoms with E-state index in [0.29, 0.717) is 55.1 Å². The maximum Gasteiger partial charge on any atom is 0.261 e. The number of nitrogens with one attached hydrogen (secondary N) is 1. The molecule has 2 atom stereocenters. The van der Waals surface area contributed by atoms with Gasteiger partial charge in [0.05, 0.1) is 36.6 Å². The van der Waals surface area contributed by atoms with Crippen LogP contribution in [0.25, 0.3) is 16.0 Å². The van der Waals surface area contributed by atoms with Crippen LogP contribution in [0.2, 0.25) is 0 Å². The number of hydrogen-bond acceptors (Lipinski definition) is 8. The number of morpholine rings is 1. The fourth-order valence-electron chi connectivity index (χ4n) is 4.12. The number of thiophene rings is 1. The Morgan fingerprint density at radius 1 is 1.26 bits per heavy atom. The van der Waals surface area contributed by atoms with Gasteiger partial charge >= 0.3 is 0 Å². The van der Waals surface area contributed by atoms with Gasteiger partial charge in [-0.1, -0.05) is 25.6 Å². The fraction of sp³-hybridized carbons (Fsp3) is 0.600. The number of fused-ring (bicyclic) bond motifs is 5. The molecule has 0 bridgehead atoms. The highest BCUT2D eigenvalue weighted by Gasteiger charge is 2.30. The fourth-order valence-corrected chi connectivity index (χ4v) is 6.36. The maximum absolute atomic E-state index is 12.9. The summed E-state index contributed by atoms with van der Waals surface area (Å²) in [6, 6.07) is 0. The molecule has 31 heavy (non-hydrogen) atoms. The van der Waals surface area contributed by atoms with Crippen molar-refractivity contribution in [1.29, 1.82) is 0 Å². The average molecular weight is 464 g/mol. The summed E-state index contributed by atoms with van der Waals surface area (Å²) in [4.78, 5) is 32.3. The van der Waals surface area contributed by atoms with Crippen molar-refractivity contribution >= 4 is 45.0 Å². The van der Waals surface area contributed by atoms with Crippen LogP contribution in [-0.2, 0) is 27.3 Å². The molecule has 3 aromatic heterocycles. The van der Waals surface area contributed by atoms with E-state index in [4.69, 9.17) is 9.47 Å². The van der Waals surface area contributed by atoms with Crippen LogP contribution < -0.4 is 5.56 Å². The van der Waals surface area contributed by atoms with Gasteiger partial charge in [0.25, 0.3) is 5.56 Å². The van der Waals surface area contributed by atoms with Gasteiger partial charge in [-0.2, -0.15) is 0 Å². The van der Waals surface area contributed by atoms with Gasteiger partial charge in [0.15, 0.2) is 5.16 Å². The number of thioether (sulfide) groups is 1. The van der Waals surface area contributed by atoms with Crippen molar-refractivity contribution in [2.24, 2.45) is 5.92 Å². The summed E-state index contributed by atoms with van der Waals surface area (Å²) in [6.07, 6.45) is 0.819. The Morgan fingerprint density at radius 2 is 2.03 bits per heavy atom. The number of nitrogens with zero attached hydrogens (tertiary/aromatic N) is 4. The van der Waals surface area contributed by atoms with Crippen LogP contribution in [0, 0.1) is 5.92 Å². The monoisotopic (exact) mass is 463 g/mol. The van der Waals surface area contributed by atoms with Crippen molar-refractivity contribution in [3.05, 3.63) is 20.8 Å². The standard InChI is InChI=1S/C20H25N5O4S2/c1-10(2)13-8-12-14(9-29-13)31-18-15(12)16(26)21-19-22-23-20(25(18)19)30-11(3)17(27)24-4-6-28-7-5-24/h10-11,13H,4-9H2,1-3H3,(H,21,22,26). The molecule has 1 saturated heterocycles. The number of aromatic amines is 1. The van der Waals surface area contributed by atoms with Crippen LogP contribution in [0.3, 0.4) is 0 Å². The lowest BCUT2D eigenvalue weighted by Gasteiger charge is -2.28. The zero-order chi connectivity index (χ0) is 21.7. The molecule has 1 fully saturated rings. The predicted molar refractivity (Wildman–Crippen MR) is 119 cm³/mol. The lowest BCUT2D eigenvalue weighted by Crippen LogP contribution is -2.44. The second-order valence-electron chi connectivity index (χ2n) is 8.27. The molecule has 1 amide bonds. The van der Waals surface area contributed by atoms with Crippen LogP contribution in [0.4, 0.5) is 0 Å². The molecule has 1 N–H and O–H groups in total. The minimum atomic E-state index is -0.323. The van der Waals surface area contributed by atoms with Gasteiger partial charge in [-0.25, -0.2) is 4.40 Å². The molecule has 5 rings (SSSR count). The number of hydrogen-bond donors (Lipinski definition) is 1. The highest BCUT2D eigenvalue weighted by molar-refractivity contribution is 8.00. The normalized spacial score (nSPS) is 20.5. The molecule has 0 radical (unpaired) electrons. The number of carbonyl (C=O) groups excluding carboxylic acids is 1. The Bertz CT molecular complexity index is 1190. The van der Waals surface area contributed by atoms with E-state index in [1.165, 1.54) is 11.8 Å². The summed E-state index contributed by atoms with van der Waals surface area (Å²) in [5.41, 5.74) is 0.918.